The van der Waals surface area contributed by atoms with Crippen LogP contribution in [0, 0.1) is 0 Å². The first-order valence-corrected chi connectivity index (χ1v) is 10.2. The molecule has 1 aliphatic heterocycles. The van der Waals surface area contributed by atoms with Crippen molar-refractivity contribution in [2.45, 2.75) is 44.8 Å². The molecular weight excluding hydrogens is 349 g/mol. The number of likely N-dealkylation sites (tertiary alicyclic amines) is 1. The average Bonchev–Trinajstić information content (AvgIpc) is 3.20. The standard InChI is InChI=1S/C14H21NO3S.C4H3S.Li/c1-13(2,3)18-12(16)15-8-6-14(17,7-9-15)11-5-4-10-19-11;1-2-4-5-3-1;/h4-5,10,17H,6-9H2,1-3H3;1-3H;. The van der Waals surface area contributed by atoms with Crippen LogP contribution in [-0.4, -0.2) is 52.5 Å². The van der Waals surface area contributed by atoms with Gasteiger partial charge in [-0.2, -0.15) is 0 Å². The molecule has 0 aromatic carbocycles. The third kappa shape index (κ3) is 6.47. The second kappa shape index (κ2) is 8.74. The van der Waals surface area contributed by atoms with Crippen LogP contribution in [0.5, 0.6) is 0 Å². The summed E-state index contributed by atoms with van der Waals surface area (Å²) in [7, 11) is 0. The summed E-state index contributed by atoms with van der Waals surface area (Å²) in [5.41, 5.74) is -1.26. The van der Waals surface area contributed by atoms with Gasteiger partial charge in [0.25, 0.3) is 0 Å². The number of hydrogen-bond donors (Lipinski definition) is 1. The molecule has 1 fully saturated rings. The summed E-state index contributed by atoms with van der Waals surface area (Å²) in [5, 5.41) is 14.6. The Morgan fingerprint density at radius 2 is 1.80 bits per heavy atom. The second-order valence-corrected chi connectivity index (χ2v) is 9.30. The van der Waals surface area contributed by atoms with Crippen LogP contribution in [0.1, 0.15) is 38.5 Å². The van der Waals surface area contributed by atoms with Gasteiger partial charge in [-0.05, 0) is 45.1 Å². The number of nitrogens with zero attached hydrogens (tertiary/aromatic N) is 1. The minimum absolute atomic E-state index is 0.291. The first-order chi connectivity index (χ1) is 11.7. The third-order valence-electron chi connectivity index (χ3n) is 3.89. The van der Waals surface area contributed by atoms with Gasteiger partial charge in [0.05, 0.1) is 0 Å². The maximum atomic E-state index is 11.9. The van der Waals surface area contributed by atoms with Gasteiger partial charge in [0.2, 0.25) is 0 Å². The van der Waals surface area contributed by atoms with Crippen LogP contribution in [0.3, 0.4) is 0 Å². The van der Waals surface area contributed by atoms with Crippen molar-refractivity contribution in [3.05, 3.63) is 39.9 Å². The number of hydrogen-bond acceptors (Lipinski definition) is 5. The molecule has 25 heavy (non-hydrogen) atoms. The summed E-state index contributed by atoms with van der Waals surface area (Å²) in [5.74, 6) is 0. The van der Waals surface area contributed by atoms with Gasteiger partial charge in [0.1, 0.15) is 11.2 Å². The van der Waals surface area contributed by atoms with E-state index in [1.807, 2.05) is 38.3 Å². The Labute approximate surface area is 167 Å². The average molecular weight is 373 g/mol. The Morgan fingerprint density at radius 1 is 1.20 bits per heavy atom. The molecule has 0 atom stereocenters. The first-order valence-electron chi connectivity index (χ1n) is 8.44. The van der Waals surface area contributed by atoms with Gasteiger partial charge in [-0.1, -0.05) is 6.07 Å². The van der Waals surface area contributed by atoms with E-state index < -0.39 is 11.2 Å². The molecule has 0 radical (unpaired) electrons. The normalized spacial score (nSPS) is 16.8. The predicted octanol–water partition coefficient (Wildman–Crippen LogP) is 3.51. The van der Waals surface area contributed by atoms with Gasteiger partial charge in [0.15, 0.2) is 0 Å². The van der Waals surface area contributed by atoms with E-state index in [1.165, 1.54) is 3.55 Å². The van der Waals surface area contributed by atoms with Crippen molar-refractivity contribution in [1.29, 1.82) is 0 Å². The molecule has 4 nitrogen and oxygen atoms in total. The van der Waals surface area contributed by atoms with Gasteiger partial charge in [-0.3, -0.25) is 0 Å². The van der Waals surface area contributed by atoms with E-state index in [0.717, 1.165) is 4.88 Å². The van der Waals surface area contributed by atoms with E-state index in [0.29, 0.717) is 25.9 Å². The number of rotatable bonds is 1. The molecule has 1 saturated heterocycles. The number of ether oxygens (including phenoxy) is 1. The van der Waals surface area contributed by atoms with Gasteiger partial charge >= 0.3 is 56.2 Å². The molecule has 2 aromatic rings. The van der Waals surface area contributed by atoms with Gasteiger partial charge in [0, 0.05) is 18.0 Å². The summed E-state index contributed by atoms with van der Waals surface area (Å²) in [6, 6.07) is 8.05. The van der Waals surface area contributed by atoms with Crippen molar-refractivity contribution in [3.63, 3.8) is 0 Å². The van der Waals surface area contributed by atoms with E-state index in [2.05, 4.69) is 35.2 Å². The Bertz CT molecular complexity index is 642. The third-order valence-corrected chi connectivity index (χ3v) is 5.75. The molecule has 0 spiro atoms. The maximum absolute atomic E-state index is 11.9. The first kappa shape index (κ1) is 20.5. The van der Waals surface area contributed by atoms with E-state index >= 15 is 0 Å². The van der Waals surface area contributed by atoms with Crippen molar-refractivity contribution >= 4 is 50.0 Å². The Hall–Kier alpha value is -0.773. The SMILES string of the molecule is CC(C)(C)OC(=O)N1CCC(O)(c2cccs2)CC1.[Li][c]1cccs1. The van der Waals surface area contributed by atoms with Crippen molar-refractivity contribution in [1.82, 2.24) is 4.90 Å². The van der Waals surface area contributed by atoms with E-state index in [1.54, 1.807) is 27.6 Å². The summed E-state index contributed by atoms with van der Waals surface area (Å²) < 4.78 is 6.73. The zero-order valence-electron chi connectivity index (χ0n) is 15.3. The van der Waals surface area contributed by atoms with Crippen molar-refractivity contribution < 1.29 is 14.6 Å². The number of piperidine rings is 1. The van der Waals surface area contributed by atoms with Gasteiger partial charge in [-0.15, -0.1) is 11.3 Å². The number of carbonyl (C=O) groups excluding carboxylic acids is 1. The molecule has 132 valence electrons. The zero-order chi connectivity index (χ0) is 18.5. The van der Waals surface area contributed by atoms with Crippen LogP contribution in [0.2, 0.25) is 0 Å². The number of carbonyl (C=O) groups is 1. The van der Waals surface area contributed by atoms with Crippen LogP contribution < -0.4 is 3.55 Å². The molecule has 1 amide bonds. The quantitative estimate of drug-likeness (QED) is 0.779. The number of amides is 1. The predicted molar refractivity (Wildman–Crippen MR) is 105 cm³/mol. The number of thiophene rings is 2. The Kier molecular flexibility index (Phi) is 7.18. The monoisotopic (exact) mass is 373 g/mol. The Balaban J connectivity index is 0.000000316. The van der Waals surface area contributed by atoms with E-state index in [-0.39, 0.29) is 6.09 Å². The fourth-order valence-electron chi connectivity index (χ4n) is 2.54. The van der Waals surface area contributed by atoms with Crippen LogP contribution in [0.25, 0.3) is 0 Å². The molecular formula is C18H24LiNO3S2. The van der Waals surface area contributed by atoms with E-state index in [9.17, 15) is 9.90 Å². The van der Waals surface area contributed by atoms with Gasteiger partial charge in [-0.25, -0.2) is 4.79 Å². The topological polar surface area (TPSA) is 49.8 Å². The molecule has 1 aliphatic rings. The molecule has 1 N–H and O–H groups in total. The Morgan fingerprint density at radius 3 is 2.20 bits per heavy atom. The fraction of sp³-hybridized carbons (Fsp3) is 0.500. The van der Waals surface area contributed by atoms with Crippen molar-refractivity contribution in [2.75, 3.05) is 13.1 Å². The summed E-state index contributed by atoms with van der Waals surface area (Å²) >= 11 is 5.44. The summed E-state index contributed by atoms with van der Waals surface area (Å²) in [6.07, 6.45) is 0.834. The fourth-order valence-corrected chi connectivity index (χ4v) is 3.95. The van der Waals surface area contributed by atoms with Crippen LogP contribution in [0.15, 0.2) is 35.0 Å². The van der Waals surface area contributed by atoms with Crippen molar-refractivity contribution in [3.8, 4) is 0 Å². The molecule has 0 saturated carbocycles. The van der Waals surface area contributed by atoms with Crippen molar-refractivity contribution in [2.24, 2.45) is 0 Å². The molecule has 0 bridgehead atoms. The van der Waals surface area contributed by atoms with Crippen LogP contribution in [-0.2, 0) is 10.3 Å². The second-order valence-electron chi connectivity index (χ2n) is 7.20. The molecule has 2 aromatic heterocycles. The molecule has 0 unspecified atom stereocenters. The van der Waals surface area contributed by atoms with Crippen LogP contribution >= 0.6 is 22.7 Å². The summed E-state index contributed by atoms with van der Waals surface area (Å²) in [4.78, 5) is 14.6. The molecule has 3 rings (SSSR count). The van der Waals surface area contributed by atoms with Crippen LogP contribution in [0.4, 0.5) is 4.79 Å². The number of aliphatic hydroxyl groups is 1. The molecule has 0 aliphatic carbocycles. The summed E-state index contributed by atoms with van der Waals surface area (Å²) in [6.45, 7) is 6.64. The van der Waals surface area contributed by atoms with E-state index in [4.69, 9.17) is 4.74 Å². The molecule has 7 heteroatoms. The van der Waals surface area contributed by atoms with Gasteiger partial charge < -0.3 is 14.7 Å². The zero-order valence-corrected chi connectivity index (χ0v) is 17.0. The molecule has 3 heterocycles. The minimum atomic E-state index is -0.785.